The van der Waals surface area contributed by atoms with Crippen LogP contribution in [0.25, 0.3) is 6.08 Å². The van der Waals surface area contributed by atoms with E-state index >= 15 is 0 Å². The number of anilines is 1. The Morgan fingerprint density at radius 1 is 1.21 bits per heavy atom. The van der Waals surface area contributed by atoms with Gasteiger partial charge in [-0.05, 0) is 76.6 Å². The molecular weight excluding hydrogens is 300 g/mol. The van der Waals surface area contributed by atoms with E-state index in [4.69, 9.17) is 4.74 Å². The number of hydrogen-bond acceptors (Lipinski definition) is 3. The Morgan fingerprint density at radius 3 is 2.38 bits per heavy atom. The minimum Gasteiger partial charge on any atom is -0.444 e. The molecule has 1 aromatic carbocycles. The van der Waals surface area contributed by atoms with Crippen molar-refractivity contribution >= 4 is 17.9 Å². The minimum absolute atomic E-state index is 0.211. The summed E-state index contributed by atoms with van der Waals surface area (Å²) in [5.41, 5.74) is 3.11. The van der Waals surface area contributed by atoms with E-state index in [0.717, 1.165) is 31.4 Å². The van der Waals surface area contributed by atoms with Gasteiger partial charge < -0.3 is 15.4 Å². The largest absolute Gasteiger partial charge is 0.444 e. The molecule has 1 aliphatic carbocycles. The number of nitrogens with one attached hydrogen (secondary N) is 2. The molecular formula is C20H30N2O2. The minimum atomic E-state index is -0.446. The molecule has 2 N–H and O–H groups in total. The highest BCUT2D eigenvalue weighted by atomic mass is 16.6. The summed E-state index contributed by atoms with van der Waals surface area (Å²) in [6.45, 7) is 11.6. The Kier molecular flexibility index (Phi) is 5.92. The molecule has 0 unspecified atom stereocenters. The highest BCUT2D eigenvalue weighted by molar-refractivity contribution is 5.68. The standard InChI is InChI=1S/C20H30N2O2/c1-6-15-7-8-18(13-14(15)2)21-16-9-11-17(12-10-16)22-19(23)24-20(3,4)5/h6-8,13,16-17,21H,1,9-12H2,2-5H3,(H,22,23). The van der Waals surface area contributed by atoms with Crippen LogP contribution in [0.15, 0.2) is 24.8 Å². The first-order valence-corrected chi connectivity index (χ1v) is 8.76. The molecule has 2 rings (SSSR count). The summed E-state index contributed by atoms with van der Waals surface area (Å²) in [7, 11) is 0. The SMILES string of the molecule is C=Cc1ccc(NC2CCC(NC(=O)OC(C)(C)C)CC2)cc1C. The maximum absolute atomic E-state index is 11.8. The van der Waals surface area contributed by atoms with Crippen molar-refractivity contribution in [2.24, 2.45) is 0 Å². The van der Waals surface area contributed by atoms with Crippen LogP contribution >= 0.6 is 0 Å². The summed E-state index contributed by atoms with van der Waals surface area (Å²) >= 11 is 0. The van der Waals surface area contributed by atoms with Crippen LogP contribution in [0.2, 0.25) is 0 Å². The molecule has 1 aromatic rings. The molecule has 0 heterocycles. The Morgan fingerprint density at radius 2 is 1.83 bits per heavy atom. The average molecular weight is 330 g/mol. The van der Waals surface area contributed by atoms with E-state index in [2.05, 4.69) is 42.3 Å². The second-order valence-corrected chi connectivity index (χ2v) is 7.61. The van der Waals surface area contributed by atoms with Gasteiger partial charge in [0.05, 0.1) is 0 Å². The Hall–Kier alpha value is -1.97. The molecule has 0 radical (unpaired) electrons. The smallest absolute Gasteiger partial charge is 0.407 e. The molecule has 0 bridgehead atoms. The summed E-state index contributed by atoms with van der Waals surface area (Å²) in [6.07, 6.45) is 5.61. The second-order valence-electron chi connectivity index (χ2n) is 7.61. The zero-order valence-electron chi connectivity index (χ0n) is 15.3. The lowest BCUT2D eigenvalue weighted by Gasteiger charge is -2.31. The van der Waals surface area contributed by atoms with Gasteiger partial charge >= 0.3 is 6.09 Å². The molecule has 1 amide bonds. The topological polar surface area (TPSA) is 50.4 Å². The normalized spacial score (nSPS) is 21.0. The van der Waals surface area contributed by atoms with E-state index in [9.17, 15) is 4.79 Å². The predicted molar refractivity (Wildman–Crippen MR) is 100 cm³/mol. The fourth-order valence-electron chi connectivity index (χ4n) is 3.09. The molecule has 1 saturated carbocycles. The molecule has 0 spiro atoms. The maximum atomic E-state index is 11.8. The summed E-state index contributed by atoms with van der Waals surface area (Å²) in [6, 6.07) is 7.04. The van der Waals surface area contributed by atoms with Crippen LogP contribution in [-0.4, -0.2) is 23.8 Å². The van der Waals surface area contributed by atoms with Crippen molar-refractivity contribution < 1.29 is 9.53 Å². The van der Waals surface area contributed by atoms with Crippen molar-refractivity contribution in [3.63, 3.8) is 0 Å². The average Bonchev–Trinajstić information content (AvgIpc) is 2.47. The van der Waals surface area contributed by atoms with Gasteiger partial charge in [-0.1, -0.05) is 18.7 Å². The van der Waals surface area contributed by atoms with Crippen LogP contribution in [0.4, 0.5) is 10.5 Å². The van der Waals surface area contributed by atoms with Gasteiger partial charge in [0.25, 0.3) is 0 Å². The summed E-state index contributed by atoms with van der Waals surface area (Å²) in [5.74, 6) is 0. The maximum Gasteiger partial charge on any atom is 0.407 e. The lowest BCUT2D eigenvalue weighted by atomic mass is 9.91. The van der Waals surface area contributed by atoms with Crippen LogP contribution < -0.4 is 10.6 Å². The van der Waals surface area contributed by atoms with E-state index < -0.39 is 5.60 Å². The summed E-state index contributed by atoms with van der Waals surface area (Å²) in [4.78, 5) is 11.8. The van der Waals surface area contributed by atoms with Crippen molar-refractivity contribution in [1.29, 1.82) is 0 Å². The van der Waals surface area contributed by atoms with Crippen molar-refractivity contribution in [1.82, 2.24) is 5.32 Å². The summed E-state index contributed by atoms with van der Waals surface area (Å²) in [5, 5.41) is 6.59. The van der Waals surface area contributed by atoms with Gasteiger partial charge in [0.15, 0.2) is 0 Å². The Labute approximate surface area is 145 Å². The highest BCUT2D eigenvalue weighted by Gasteiger charge is 2.24. The van der Waals surface area contributed by atoms with Crippen LogP contribution in [-0.2, 0) is 4.74 Å². The first-order chi connectivity index (χ1) is 11.3. The molecule has 0 atom stereocenters. The molecule has 4 heteroatoms. The van der Waals surface area contributed by atoms with E-state index in [1.165, 1.54) is 11.1 Å². The van der Waals surface area contributed by atoms with E-state index in [0.29, 0.717) is 6.04 Å². The molecule has 1 fully saturated rings. The lowest BCUT2D eigenvalue weighted by Crippen LogP contribution is -2.42. The Balaban J connectivity index is 1.79. The zero-order chi connectivity index (χ0) is 17.7. The number of amides is 1. The number of benzene rings is 1. The number of ether oxygens (including phenoxy) is 1. The molecule has 24 heavy (non-hydrogen) atoms. The van der Waals surface area contributed by atoms with E-state index in [-0.39, 0.29) is 12.1 Å². The molecule has 0 aromatic heterocycles. The number of aryl methyl sites for hydroxylation is 1. The van der Waals surface area contributed by atoms with Gasteiger partial charge in [-0.3, -0.25) is 0 Å². The fourth-order valence-corrected chi connectivity index (χ4v) is 3.09. The van der Waals surface area contributed by atoms with Gasteiger partial charge in [0.1, 0.15) is 5.60 Å². The molecule has 0 saturated heterocycles. The number of hydrogen-bond donors (Lipinski definition) is 2. The third-order valence-electron chi connectivity index (χ3n) is 4.31. The van der Waals surface area contributed by atoms with Gasteiger partial charge in [0, 0.05) is 17.8 Å². The number of carbonyl (C=O) groups is 1. The van der Waals surface area contributed by atoms with Crippen LogP contribution in [0.1, 0.15) is 57.6 Å². The fraction of sp³-hybridized carbons (Fsp3) is 0.550. The molecule has 0 aliphatic heterocycles. The van der Waals surface area contributed by atoms with Gasteiger partial charge in [-0.15, -0.1) is 0 Å². The molecule has 1 aliphatic rings. The number of alkyl carbamates (subject to hydrolysis) is 1. The van der Waals surface area contributed by atoms with Crippen molar-refractivity contribution in [3.05, 3.63) is 35.9 Å². The summed E-state index contributed by atoms with van der Waals surface area (Å²) < 4.78 is 5.32. The van der Waals surface area contributed by atoms with Crippen molar-refractivity contribution in [3.8, 4) is 0 Å². The molecule has 132 valence electrons. The van der Waals surface area contributed by atoms with E-state index in [1.54, 1.807) is 0 Å². The molecule has 4 nitrogen and oxygen atoms in total. The van der Waals surface area contributed by atoms with Crippen molar-refractivity contribution in [2.75, 3.05) is 5.32 Å². The van der Waals surface area contributed by atoms with Crippen LogP contribution in [0, 0.1) is 6.92 Å². The van der Waals surface area contributed by atoms with Gasteiger partial charge in [0.2, 0.25) is 0 Å². The van der Waals surface area contributed by atoms with E-state index in [1.807, 2.05) is 26.8 Å². The third-order valence-corrected chi connectivity index (χ3v) is 4.31. The van der Waals surface area contributed by atoms with Crippen LogP contribution in [0.3, 0.4) is 0 Å². The van der Waals surface area contributed by atoms with Crippen molar-refractivity contribution in [2.45, 2.75) is 71.1 Å². The quantitative estimate of drug-likeness (QED) is 0.826. The lowest BCUT2D eigenvalue weighted by molar-refractivity contribution is 0.0492. The first-order valence-electron chi connectivity index (χ1n) is 8.76. The first kappa shape index (κ1) is 18.4. The van der Waals surface area contributed by atoms with Crippen LogP contribution in [0.5, 0.6) is 0 Å². The third kappa shape index (κ3) is 5.59. The Bertz CT molecular complexity index is 582. The number of rotatable bonds is 4. The monoisotopic (exact) mass is 330 g/mol. The second kappa shape index (κ2) is 7.73. The highest BCUT2D eigenvalue weighted by Crippen LogP contribution is 2.24. The van der Waals surface area contributed by atoms with Gasteiger partial charge in [-0.25, -0.2) is 4.79 Å². The number of carbonyl (C=O) groups excluding carboxylic acids is 1. The zero-order valence-corrected chi connectivity index (χ0v) is 15.3. The van der Waals surface area contributed by atoms with Gasteiger partial charge in [-0.2, -0.15) is 0 Å². The predicted octanol–water partition coefficient (Wildman–Crippen LogP) is 4.89.